The van der Waals surface area contributed by atoms with Gasteiger partial charge < -0.3 is 5.11 Å². The molecule has 2 unspecified atom stereocenters. The molecule has 80 valence electrons. The highest BCUT2D eigenvalue weighted by molar-refractivity contribution is 4.77. The summed E-state index contributed by atoms with van der Waals surface area (Å²) in [6.07, 6.45) is 2.13. The van der Waals surface area contributed by atoms with Crippen molar-refractivity contribution in [2.75, 3.05) is 0 Å². The normalized spacial score (nSPS) is 17.5. The van der Waals surface area contributed by atoms with Crippen LogP contribution in [0.4, 0.5) is 0 Å². The molecule has 0 bridgehead atoms. The molecule has 0 aromatic carbocycles. The van der Waals surface area contributed by atoms with Gasteiger partial charge in [0.1, 0.15) is 0 Å². The molecule has 1 heteroatoms. The predicted molar refractivity (Wildman–Crippen MR) is 58.7 cm³/mol. The van der Waals surface area contributed by atoms with Gasteiger partial charge >= 0.3 is 0 Å². The zero-order chi connectivity index (χ0) is 10.6. The quantitative estimate of drug-likeness (QED) is 0.697. The van der Waals surface area contributed by atoms with E-state index in [-0.39, 0.29) is 6.10 Å². The first-order chi connectivity index (χ1) is 5.80. The zero-order valence-electron chi connectivity index (χ0n) is 10.1. The van der Waals surface area contributed by atoms with E-state index >= 15 is 0 Å². The van der Waals surface area contributed by atoms with Crippen LogP contribution in [-0.2, 0) is 0 Å². The van der Waals surface area contributed by atoms with Crippen molar-refractivity contribution >= 4 is 0 Å². The highest BCUT2D eigenvalue weighted by atomic mass is 16.3. The second-order valence-electron chi connectivity index (χ2n) is 5.37. The Kier molecular flexibility index (Phi) is 4.98. The van der Waals surface area contributed by atoms with Gasteiger partial charge in [-0.1, -0.05) is 41.0 Å². The fourth-order valence-corrected chi connectivity index (χ4v) is 1.75. The van der Waals surface area contributed by atoms with Gasteiger partial charge in [-0.3, -0.25) is 0 Å². The lowest BCUT2D eigenvalue weighted by Crippen LogP contribution is -2.28. The fourth-order valence-electron chi connectivity index (χ4n) is 1.75. The fraction of sp³-hybridized carbons (Fsp3) is 1.00. The molecule has 2 atom stereocenters. The van der Waals surface area contributed by atoms with E-state index in [4.69, 9.17) is 0 Å². The minimum absolute atomic E-state index is 0.175. The van der Waals surface area contributed by atoms with Crippen molar-refractivity contribution in [1.82, 2.24) is 0 Å². The monoisotopic (exact) mass is 186 g/mol. The van der Waals surface area contributed by atoms with Crippen LogP contribution in [0, 0.1) is 17.3 Å². The first kappa shape index (κ1) is 13.0. The van der Waals surface area contributed by atoms with Gasteiger partial charge in [0.25, 0.3) is 0 Å². The third-order valence-electron chi connectivity index (χ3n) is 3.22. The van der Waals surface area contributed by atoms with Crippen LogP contribution in [-0.4, -0.2) is 11.2 Å². The lowest BCUT2D eigenvalue weighted by Gasteiger charge is -2.32. The van der Waals surface area contributed by atoms with Crippen LogP contribution < -0.4 is 0 Å². The van der Waals surface area contributed by atoms with Gasteiger partial charge in [-0.2, -0.15) is 0 Å². The van der Waals surface area contributed by atoms with Crippen molar-refractivity contribution in [1.29, 1.82) is 0 Å². The summed E-state index contributed by atoms with van der Waals surface area (Å²) in [5, 5.41) is 9.64. The van der Waals surface area contributed by atoms with E-state index in [2.05, 4.69) is 34.6 Å². The van der Waals surface area contributed by atoms with Crippen LogP contribution in [0.5, 0.6) is 0 Å². The Morgan fingerprint density at radius 2 is 1.62 bits per heavy atom. The molecule has 0 spiro atoms. The van der Waals surface area contributed by atoms with Crippen LogP contribution in [0.25, 0.3) is 0 Å². The largest absolute Gasteiger partial charge is 0.393 e. The molecule has 0 aliphatic carbocycles. The number of rotatable bonds is 5. The van der Waals surface area contributed by atoms with Gasteiger partial charge in [0.05, 0.1) is 6.10 Å². The number of hydrogen-bond donors (Lipinski definition) is 1. The van der Waals surface area contributed by atoms with Gasteiger partial charge in [-0.05, 0) is 30.6 Å². The molecule has 0 aromatic heterocycles. The standard InChI is InChI=1S/C12H26O/c1-7-12(5,6)8-11(9(2)3)10(4)13/h9-11,13H,7-8H2,1-6H3. The number of hydrogen-bond acceptors (Lipinski definition) is 1. The van der Waals surface area contributed by atoms with Crippen molar-refractivity contribution in [3.63, 3.8) is 0 Å². The summed E-state index contributed by atoms with van der Waals surface area (Å²) in [7, 11) is 0. The molecule has 0 saturated heterocycles. The number of aliphatic hydroxyl groups is 1. The first-order valence-corrected chi connectivity index (χ1v) is 5.48. The van der Waals surface area contributed by atoms with E-state index in [1.165, 1.54) is 6.42 Å². The van der Waals surface area contributed by atoms with Crippen LogP contribution in [0.3, 0.4) is 0 Å². The summed E-state index contributed by atoms with van der Waals surface area (Å²) < 4.78 is 0. The molecule has 0 fully saturated rings. The lowest BCUT2D eigenvalue weighted by atomic mass is 9.75. The van der Waals surface area contributed by atoms with Gasteiger partial charge in [0.15, 0.2) is 0 Å². The molecule has 1 N–H and O–H groups in total. The summed E-state index contributed by atoms with van der Waals surface area (Å²) in [6, 6.07) is 0. The summed E-state index contributed by atoms with van der Waals surface area (Å²) in [5.74, 6) is 1.01. The molecule has 0 saturated carbocycles. The maximum Gasteiger partial charge on any atom is 0.0542 e. The highest BCUT2D eigenvalue weighted by Gasteiger charge is 2.26. The Morgan fingerprint density at radius 1 is 1.15 bits per heavy atom. The van der Waals surface area contributed by atoms with Crippen molar-refractivity contribution < 1.29 is 5.11 Å². The second kappa shape index (κ2) is 4.99. The van der Waals surface area contributed by atoms with Crippen LogP contribution in [0.15, 0.2) is 0 Å². The Morgan fingerprint density at radius 3 is 1.85 bits per heavy atom. The highest BCUT2D eigenvalue weighted by Crippen LogP contribution is 2.33. The zero-order valence-corrected chi connectivity index (χ0v) is 10.1. The average Bonchev–Trinajstić information content (AvgIpc) is 1.99. The van der Waals surface area contributed by atoms with Gasteiger partial charge in [-0.25, -0.2) is 0 Å². The lowest BCUT2D eigenvalue weighted by molar-refractivity contribution is 0.0634. The summed E-state index contributed by atoms with van der Waals surface area (Å²) >= 11 is 0. The van der Waals surface area contributed by atoms with E-state index in [0.29, 0.717) is 17.3 Å². The topological polar surface area (TPSA) is 20.2 Å². The molecule has 0 radical (unpaired) electrons. The van der Waals surface area contributed by atoms with Gasteiger partial charge in [0, 0.05) is 0 Å². The molecule has 0 amide bonds. The molecule has 0 aromatic rings. The van der Waals surface area contributed by atoms with Crippen LogP contribution in [0.1, 0.15) is 54.4 Å². The maximum absolute atomic E-state index is 9.64. The van der Waals surface area contributed by atoms with Crippen molar-refractivity contribution in [2.24, 2.45) is 17.3 Å². The first-order valence-electron chi connectivity index (χ1n) is 5.48. The van der Waals surface area contributed by atoms with Crippen molar-refractivity contribution in [3.8, 4) is 0 Å². The number of aliphatic hydroxyl groups excluding tert-OH is 1. The van der Waals surface area contributed by atoms with Crippen LogP contribution in [0.2, 0.25) is 0 Å². The van der Waals surface area contributed by atoms with E-state index in [9.17, 15) is 5.11 Å². The summed E-state index contributed by atoms with van der Waals surface area (Å²) in [4.78, 5) is 0. The Balaban J connectivity index is 4.26. The van der Waals surface area contributed by atoms with Gasteiger partial charge in [0.2, 0.25) is 0 Å². The molecular weight excluding hydrogens is 160 g/mol. The molecule has 0 heterocycles. The predicted octanol–water partition coefficient (Wildman–Crippen LogP) is 3.47. The molecule has 1 nitrogen and oxygen atoms in total. The van der Waals surface area contributed by atoms with Crippen molar-refractivity contribution in [3.05, 3.63) is 0 Å². The summed E-state index contributed by atoms with van der Waals surface area (Å²) in [5.41, 5.74) is 0.367. The third-order valence-corrected chi connectivity index (χ3v) is 3.22. The Bertz CT molecular complexity index is 128. The van der Waals surface area contributed by atoms with Gasteiger partial charge in [-0.15, -0.1) is 0 Å². The van der Waals surface area contributed by atoms with Crippen molar-refractivity contribution in [2.45, 2.75) is 60.5 Å². The van der Waals surface area contributed by atoms with Crippen LogP contribution >= 0.6 is 0 Å². The minimum Gasteiger partial charge on any atom is -0.393 e. The molecular formula is C12H26O. The minimum atomic E-state index is -0.175. The Labute approximate surface area is 83.5 Å². The Hall–Kier alpha value is -0.0400. The van der Waals surface area contributed by atoms with E-state index in [1.54, 1.807) is 0 Å². The average molecular weight is 186 g/mol. The smallest absolute Gasteiger partial charge is 0.0542 e. The van der Waals surface area contributed by atoms with E-state index in [1.807, 2.05) is 6.92 Å². The van der Waals surface area contributed by atoms with E-state index in [0.717, 1.165) is 6.42 Å². The maximum atomic E-state index is 9.64. The van der Waals surface area contributed by atoms with E-state index < -0.39 is 0 Å². The molecule has 0 rings (SSSR count). The molecule has 0 aliphatic heterocycles. The molecule has 0 aliphatic rings. The summed E-state index contributed by atoms with van der Waals surface area (Å²) in [6.45, 7) is 13.1. The second-order valence-corrected chi connectivity index (χ2v) is 5.37. The molecule has 13 heavy (non-hydrogen) atoms. The third kappa shape index (κ3) is 4.66. The SMILES string of the molecule is CCC(C)(C)CC(C(C)C)C(C)O.